The van der Waals surface area contributed by atoms with Crippen LogP contribution in [-0.2, 0) is 6.54 Å². The molecule has 1 aromatic rings. The number of hydrogen-bond donors (Lipinski definition) is 1. The van der Waals surface area contributed by atoms with Crippen LogP contribution in [0.2, 0.25) is 5.02 Å². The normalized spacial score (nSPS) is 34.1. The van der Waals surface area contributed by atoms with E-state index in [1.54, 1.807) is 0 Å². The number of hydrogen-bond acceptors (Lipinski definition) is 2. The first-order chi connectivity index (χ1) is 7.24. The number of nitrogens with zero attached hydrogens (tertiary/aromatic N) is 1. The molecule has 15 heavy (non-hydrogen) atoms. The summed E-state index contributed by atoms with van der Waals surface area (Å²) in [5.41, 5.74) is 7.25. The number of halogens is 1. The van der Waals surface area contributed by atoms with Crippen LogP contribution < -0.4 is 5.73 Å². The van der Waals surface area contributed by atoms with Crippen LogP contribution in [0.5, 0.6) is 0 Å². The molecule has 3 rings (SSSR count). The zero-order chi connectivity index (χ0) is 10.4. The lowest BCUT2D eigenvalue weighted by Crippen LogP contribution is -2.27. The molecule has 1 aliphatic heterocycles. The summed E-state index contributed by atoms with van der Waals surface area (Å²) in [6, 6.07) is 8.61. The molecule has 0 amide bonds. The third-order valence-electron chi connectivity index (χ3n) is 3.66. The molecule has 0 bridgehead atoms. The minimum atomic E-state index is 0.492. The van der Waals surface area contributed by atoms with Gasteiger partial charge in [-0.05, 0) is 29.5 Å². The number of rotatable bonds is 2. The minimum absolute atomic E-state index is 0.492. The zero-order valence-corrected chi connectivity index (χ0v) is 9.32. The van der Waals surface area contributed by atoms with E-state index in [1.807, 2.05) is 12.1 Å². The third-order valence-corrected chi connectivity index (χ3v) is 3.91. The Bertz CT molecular complexity index is 350. The van der Waals surface area contributed by atoms with Gasteiger partial charge in [0.05, 0.1) is 0 Å². The summed E-state index contributed by atoms with van der Waals surface area (Å²) in [4.78, 5) is 2.49. The van der Waals surface area contributed by atoms with E-state index in [0.29, 0.717) is 6.04 Å². The summed E-state index contributed by atoms with van der Waals surface area (Å²) in [7, 11) is 0. The first kappa shape index (κ1) is 9.64. The van der Waals surface area contributed by atoms with Gasteiger partial charge in [-0.3, -0.25) is 4.90 Å². The van der Waals surface area contributed by atoms with Crippen molar-refractivity contribution in [1.29, 1.82) is 0 Å². The SMILES string of the molecule is NC1C2CN(Cc3ccc(Cl)cc3)CC12. The van der Waals surface area contributed by atoms with Crippen LogP contribution in [-0.4, -0.2) is 24.0 Å². The molecule has 1 aromatic carbocycles. The molecular formula is C12H15ClN2. The maximum atomic E-state index is 5.90. The topological polar surface area (TPSA) is 29.3 Å². The van der Waals surface area contributed by atoms with Gasteiger partial charge in [0.1, 0.15) is 0 Å². The first-order valence-corrected chi connectivity index (χ1v) is 5.84. The molecule has 0 spiro atoms. The van der Waals surface area contributed by atoms with Crippen LogP contribution in [0.25, 0.3) is 0 Å². The summed E-state index contributed by atoms with van der Waals surface area (Å²) >= 11 is 5.85. The van der Waals surface area contributed by atoms with Gasteiger partial charge in [0.15, 0.2) is 0 Å². The second kappa shape index (κ2) is 3.48. The van der Waals surface area contributed by atoms with Crippen molar-refractivity contribution in [3.8, 4) is 0 Å². The molecular weight excluding hydrogens is 208 g/mol. The molecule has 1 saturated carbocycles. The van der Waals surface area contributed by atoms with Crippen LogP contribution in [0.3, 0.4) is 0 Å². The fourth-order valence-corrected chi connectivity index (χ4v) is 2.76. The summed E-state index contributed by atoms with van der Waals surface area (Å²) < 4.78 is 0. The number of piperidine rings is 1. The van der Waals surface area contributed by atoms with E-state index in [2.05, 4.69) is 17.0 Å². The van der Waals surface area contributed by atoms with Crippen LogP contribution in [0, 0.1) is 11.8 Å². The lowest BCUT2D eigenvalue weighted by atomic mass is 10.2. The number of nitrogens with two attached hydrogens (primary N) is 1. The van der Waals surface area contributed by atoms with Gasteiger partial charge in [-0.1, -0.05) is 23.7 Å². The molecule has 2 unspecified atom stereocenters. The Kier molecular flexibility index (Phi) is 2.23. The van der Waals surface area contributed by atoms with E-state index in [0.717, 1.165) is 23.4 Å². The predicted octanol–water partition coefficient (Wildman–Crippen LogP) is 1.73. The summed E-state index contributed by atoms with van der Waals surface area (Å²) in [6.45, 7) is 3.39. The number of benzene rings is 1. The predicted molar refractivity (Wildman–Crippen MR) is 61.7 cm³/mol. The highest BCUT2D eigenvalue weighted by Gasteiger charge is 2.53. The van der Waals surface area contributed by atoms with E-state index < -0.39 is 0 Å². The van der Waals surface area contributed by atoms with E-state index >= 15 is 0 Å². The molecule has 80 valence electrons. The third kappa shape index (κ3) is 1.78. The molecule has 3 heteroatoms. The zero-order valence-electron chi connectivity index (χ0n) is 8.57. The largest absolute Gasteiger partial charge is 0.327 e. The van der Waals surface area contributed by atoms with Crippen LogP contribution in [0.1, 0.15) is 5.56 Å². The lowest BCUT2D eigenvalue weighted by Gasteiger charge is -2.18. The molecule has 1 saturated heterocycles. The van der Waals surface area contributed by atoms with Crippen LogP contribution in [0.4, 0.5) is 0 Å². The van der Waals surface area contributed by atoms with Gasteiger partial charge in [0.2, 0.25) is 0 Å². The van der Waals surface area contributed by atoms with Crippen molar-refractivity contribution in [2.75, 3.05) is 13.1 Å². The van der Waals surface area contributed by atoms with E-state index in [9.17, 15) is 0 Å². The molecule has 2 fully saturated rings. The quantitative estimate of drug-likeness (QED) is 0.826. The van der Waals surface area contributed by atoms with E-state index in [4.69, 9.17) is 17.3 Å². The van der Waals surface area contributed by atoms with Crippen LogP contribution in [0.15, 0.2) is 24.3 Å². The van der Waals surface area contributed by atoms with Gasteiger partial charge < -0.3 is 5.73 Å². The Morgan fingerprint density at radius 2 is 1.80 bits per heavy atom. The fraction of sp³-hybridized carbons (Fsp3) is 0.500. The molecule has 1 aliphatic carbocycles. The fourth-order valence-electron chi connectivity index (χ4n) is 2.64. The van der Waals surface area contributed by atoms with Crippen molar-refractivity contribution in [2.45, 2.75) is 12.6 Å². The van der Waals surface area contributed by atoms with Gasteiger partial charge >= 0.3 is 0 Å². The Morgan fingerprint density at radius 3 is 2.40 bits per heavy atom. The summed E-state index contributed by atoms with van der Waals surface area (Å²) in [5.74, 6) is 1.55. The average Bonchev–Trinajstić information content (AvgIpc) is 2.66. The van der Waals surface area contributed by atoms with E-state index in [1.165, 1.54) is 18.7 Å². The molecule has 0 radical (unpaired) electrons. The Morgan fingerprint density at radius 1 is 1.20 bits per heavy atom. The Hall–Kier alpha value is -0.570. The van der Waals surface area contributed by atoms with Gasteiger partial charge in [-0.15, -0.1) is 0 Å². The highest BCUT2D eigenvalue weighted by atomic mass is 35.5. The minimum Gasteiger partial charge on any atom is -0.327 e. The molecule has 2 atom stereocenters. The molecule has 2 N–H and O–H groups in total. The van der Waals surface area contributed by atoms with Gasteiger partial charge in [0.25, 0.3) is 0 Å². The Balaban J connectivity index is 1.60. The molecule has 0 aromatic heterocycles. The number of likely N-dealkylation sites (tertiary alicyclic amines) is 1. The number of fused-ring (bicyclic) bond motifs is 1. The molecule has 2 nitrogen and oxygen atoms in total. The van der Waals surface area contributed by atoms with Crippen molar-refractivity contribution in [2.24, 2.45) is 17.6 Å². The highest BCUT2D eigenvalue weighted by Crippen LogP contribution is 2.44. The van der Waals surface area contributed by atoms with Gasteiger partial charge in [-0.2, -0.15) is 0 Å². The second-order valence-corrected chi connectivity index (χ2v) is 5.16. The van der Waals surface area contributed by atoms with Crippen LogP contribution >= 0.6 is 11.6 Å². The van der Waals surface area contributed by atoms with Gasteiger partial charge in [-0.25, -0.2) is 0 Å². The monoisotopic (exact) mass is 222 g/mol. The average molecular weight is 223 g/mol. The second-order valence-electron chi connectivity index (χ2n) is 4.73. The highest BCUT2D eigenvalue weighted by molar-refractivity contribution is 6.30. The summed E-state index contributed by atoms with van der Waals surface area (Å²) in [5, 5.41) is 0.810. The van der Waals surface area contributed by atoms with Crippen molar-refractivity contribution in [3.63, 3.8) is 0 Å². The first-order valence-electron chi connectivity index (χ1n) is 5.46. The van der Waals surface area contributed by atoms with E-state index in [-0.39, 0.29) is 0 Å². The van der Waals surface area contributed by atoms with Crippen molar-refractivity contribution in [3.05, 3.63) is 34.9 Å². The summed E-state index contributed by atoms with van der Waals surface area (Å²) in [6.07, 6.45) is 0. The van der Waals surface area contributed by atoms with Crippen molar-refractivity contribution < 1.29 is 0 Å². The van der Waals surface area contributed by atoms with Crippen molar-refractivity contribution in [1.82, 2.24) is 4.90 Å². The Labute approximate surface area is 95.0 Å². The lowest BCUT2D eigenvalue weighted by molar-refractivity contribution is 0.290. The molecule has 1 heterocycles. The smallest absolute Gasteiger partial charge is 0.0406 e. The molecule has 2 aliphatic rings. The maximum Gasteiger partial charge on any atom is 0.0406 e. The van der Waals surface area contributed by atoms with Crippen molar-refractivity contribution >= 4 is 11.6 Å². The standard InChI is InChI=1S/C12H15ClN2/c13-9-3-1-8(2-4-9)5-15-6-10-11(7-15)12(10)14/h1-4,10-12H,5-7,14H2. The maximum absolute atomic E-state index is 5.90. The van der Waals surface area contributed by atoms with Gasteiger partial charge in [0, 0.05) is 30.7 Å².